The number of halogens is 1. The molecule has 6 heteroatoms. The van der Waals surface area contributed by atoms with E-state index in [-0.39, 0.29) is 18.3 Å². The van der Waals surface area contributed by atoms with Crippen LogP contribution in [-0.4, -0.2) is 42.1 Å². The third-order valence-electron chi connectivity index (χ3n) is 5.10. The molecule has 2 saturated heterocycles. The number of hydrogen-bond donors (Lipinski definition) is 1. The zero-order valence-electron chi connectivity index (χ0n) is 13.5. The maximum Gasteiger partial charge on any atom is 0.292 e. The highest BCUT2D eigenvalue weighted by atomic mass is 35.5. The second kappa shape index (κ2) is 7.36. The van der Waals surface area contributed by atoms with E-state index in [0.29, 0.717) is 23.3 Å². The summed E-state index contributed by atoms with van der Waals surface area (Å²) >= 11 is 0. The van der Waals surface area contributed by atoms with Crippen molar-refractivity contribution in [2.24, 2.45) is 11.8 Å². The zero-order valence-corrected chi connectivity index (χ0v) is 14.3. The number of hydrogen-bond acceptors (Lipinski definition) is 4. The SMILES string of the molecule is Cl.O=C(c1cc(-c2ccccc2)no1)N1CC[C@@H]2CNC[C@@H]2CC1. The number of nitrogens with one attached hydrogen (secondary N) is 1. The lowest BCUT2D eigenvalue weighted by Gasteiger charge is -2.19. The molecule has 0 spiro atoms. The average molecular weight is 348 g/mol. The summed E-state index contributed by atoms with van der Waals surface area (Å²) < 4.78 is 5.32. The molecule has 0 unspecified atom stereocenters. The molecule has 128 valence electrons. The molecule has 24 heavy (non-hydrogen) atoms. The minimum atomic E-state index is -0.0346. The standard InChI is InChI=1S/C18H21N3O2.ClH/c22-18(21-8-6-14-11-19-12-15(14)7-9-21)17-10-16(20-23-17)13-4-2-1-3-5-13;/h1-5,10,14-15,19H,6-9,11-12H2;1H/t14-,15+;. The Morgan fingerprint density at radius 1 is 1.12 bits per heavy atom. The van der Waals surface area contributed by atoms with Crippen molar-refractivity contribution < 1.29 is 9.32 Å². The molecule has 0 saturated carbocycles. The number of rotatable bonds is 2. The van der Waals surface area contributed by atoms with Gasteiger partial charge in [-0.1, -0.05) is 35.5 Å². The maximum atomic E-state index is 12.7. The molecule has 2 aliphatic rings. The van der Waals surface area contributed by atoms with E-state index in [1.165, 1.54) is 0 Å². The minimum Gasteiger partial charge on any atom is -0.350 e. The molecular weight excluding hydrogens is 326 g/mol. The smallest absolute Gasteiger partial charge is 0.292 e. The van der Waals surface area contributed by atoms with Crippen LogP contribution < -0.4 is 5.32 Å². The van der Waals surface area contributed by atoms with Gasteiger partial charge in [-0.25, -0.2) is 0 Å². The van der Waals surface area contributed by atoms with Gasteiger partial charge in [-0.2, -0.15) is 0 Å². The lowest BCUT2D eigenvalue weighted by atomic mass is 9.92. The molecule has 1 aromatic carbocycles. The summed E-state index contributed by atoms with van der Waals surface area (Å²) in [6, 6.07) is 11.5. The Morgan fingerprint density at radius 3 is 2.46 bits per heavy atom. The molecule has 5 nitrogen and oxygen atoms in total. The van der Waals surface area contributed by atoms with Gasteiger partial charge in [0.2, 0.25) is 5.76 Å². The van der Waals surface area contributed by atoms with Crippen molar-refractivity contribution in [1.82, 2.24) is 15.4 Å². The molecule has 1 N–H and O–H groups in total. The van der Waals surface area contributed by atoms with Gasteiger partial charge in [-0.3, -0.25) is 4.79 Å². The second-order valence-corrected chi connectivity index (χ2v) is 6.49. The predicted molar refractivity (Wildman–Crippen MR) is 94.2 cm³/mol. The summed E-state index contributed by atoms with van der Waals surface area (Å²) in [4.78, 5) is 14.6. The molecule has 3 heterocycles. The van der Waals surface area contributed by atoms with E-state index < -0.39 is 0 Å². The first-order chi connectivity index (χ1) is 11.3. The fraction of sp³-hybridized carbons (Fsp3) is 0.444. The highest BCUT2D eigenvalue weighted by Crippen LogP contribution is 2.28. The first-order valence-electron chi connectivity index (χ1n) is 8.33. The summed E-state index contributed by atoms with van der Waals surface area (Å²) in [7, 11) is 0. The lowest BCUT2D eigenvalue weighted by Crippen LogP contribution is -2.32. The van der Waals surface area contributed by atoms with E-state index >= 15 is 0 Å². The Morgan fingerprint density at radius 2 is 1.79 bits per heavy atom. The third-order valence-corrected chi connectivity index (χ3v) is 5.10. The van der Waals surface area contributed by atoms with E-state index in [0.717, 1.165) is 44.6 Å². The van der Waals surface area contributed by atoms with Gasteiger partial charge in [0, 0.05) is 24.7 Å². The Hall–Kier alpha value is -1.85. The topological polar surface area (TPSA) is 58.4 Å². The molecule has 0 radical (unpaired) electrons. The van der Waals surface area contributed by atoms with Crippen molar-refractivity contribution in [3.63, 3.8) is 0 Å². The Kier molecular flexibility index (Phi) is 5.21. The minimum absolute atomic E-state index is 0. The summed E-state index contributed by atoms with van der Waals surface area (Å²) in [5.41, 5.74) is 1.68. The molecule has 2 fully saturated rings. The van der Waals surface area contributed by atoms with Crippen LogP contribution in [0.25, 0.3) is 11.3 Å². The van der Waals surface area contributed by atoms with Crippen molar-refractivity contribution in [2.75, 3.05) is 26.2 Å². The second-order valence-electron chi connectivity index (χ2n) is 6.49. The van der Waals surface area contributed by atoms with Gasteiger partial charge in [0.15, 0.2) is 0 Å². The van der Waals surface area contributed by atoms with Crippen molar-refractivity contribution in [3.05, 3.63) is 42.2 Å². The van der Waals surface area contributed by atoms with E-state index in [1.54, 1.807) is 6.07 Å². The van der Waals surface area contributed by atoms with Crippen LogP contribution in [0.5, 0.6) is 0 Å². The molecule has 1 amide bonds. The van der Waals surface area contributed by atoms with E-state index in [4.69, 9.17) is 4.52 Å². The van der Waals surface area contributed by atoms with Gasteiger partial charge in [-0.15, -0.1) is 12.4 Å². The largest absolute Gasteiger partial charge is 0.350 e. The molecular formula is C18H22ClN3O2. The van der Waals surface area contributed by atoms with Crippen LogP contribution in [0.15, 0.2) is 40.9 Å². The van der Waals surface area contributed by atoms with Crippen molar-refractivity contribution in [3.8, 4) is 11.3 Å². The van der Waals surface area contributed by atoms with E-state index in [2.05, 4.69) is 10.5 Å². The van der Waals surface area contributed by atoms with Gasteiger partial charge >= 0.3 is 0 Å². The van der Waals surface area contributed by atoms with Crippen LogP contribution in [0.1, 0.15) is 23.4 Å². The van der Waals surface area contributed by atoms with Crippen LogP contribution in [0, 0.1) is 11.8 Å². The molecule has 2 atom stereocenters. The molecule has 0 aliphatic carbocycles. The monoisotopic (exact) mass is 347 g/mol. The van der Waals surface area contributed by atoms with Crippen LogP contribution in [0.4, 0.5) is 0 Å². The summed E-state index contributed by atoms with van der Waals surface area (Å²) in [5, 5.41) is 7.51. The highest BCUT2D eigenvalue weighted by Gasteiger charge is 2.32. The van der Waals surface area contributed by atoms with E-state index in [1.807, 2.05) is 35.2 Å². The fourth-order valence-electron chi connectivity index (χ4n) is 3.70. The van der Waals surface area contributed by atoms with E-state index in [9.17, 15) is 4.79 Å². The van der Waals surface area contributed by atoms with Gasteiger partial charge < -0.3 is 14.7 Å². The number of aromatic nitrogens is 1. The quantitative estimate of drug-likeness (QED) is 0.907. The fourth-order valence-corrected chi connectivity index (χ4v) is 3.70. The number of carbonyl (C=O) groups excluding carboxylic acids is 1. The van der Waals surface area contributed by atoms with Crippen LogP contribution in [0.3, 0.4) is 0 Å². The summed E-state index contributed by atoms with van der Waals surface area (Å²) in [6.45, 7) is 3.80. The Labute approximate surface area is 147 Å². The summed E-state index contributed by atoms with van der Waals surface area (Å²) in [6.07, 6.45) is 2.15. The first kappa shape index (κ1) is 17.0. The van der Waals surface area contributed by atoms with Gasteiger partial charge in [-0.05, 0) is 37.8 Å². The molecule has 1 aromatic heterocycles. The number of nitrogens with zero attached hydrogens (tertiary/aromatic N) is 2. The van der Waals surface area contributed by atoms with Crippen molar-refractivity contribution >= 4 is 18.3 Å². The lowest BCUT2D eigenvalue weighted by molar-refractivity contribution is 0.0716. The van der Waals surface area contributed by atoms with Crippen molar-refractivity contribution in [2.45, 2.75) is 12.8 Å². The van der Waals surface area contributed by atoms with Gasteiger partial charge in [0.1, 0.15) is 5.69 Å². The third kappa shape index (κ3) is 3.32. The average Bonchev–Trinajstić information content (AvgIpc) is 3.21. The molecule has 2 aliphatic heterocycles. The van der Waals surface area contributed by atoms with Gasteiger partial charge in [0.05, 0.1) is 0 Å². The molecule has 4 rings (SSSR count). The van der Waals surface area contributed by atoms with Crippen molar-refractivity contribution in [1.29, 1.82) is 0 Å². The summed E-state index contributed by atoms with van der Waals surface area (Å²) in [5.74, 6) is 1.73. The number of amides is 1. The first-order valence-corrected chi connectivity index (χ1v) is 8.33. The highest BCUT2D eigenvalue weighted by molar-refractivity contribution is 5.92. The van der Waals surface area contributed by atoms with Crippen LogP contribution in [-0.2, 0) is 0 Å². The predicted octanol–water partition coefficient (Wildman–Crippen LogP) is 2.84. The Balaban J connectivity index is 0.00000169. The molecule has 0 bridgehead atoms. The number of fused-ring (bicyclic) bond motifs is 1. The molecule has 2 aromatic rings. The maximum absolute atomic E-state index is 12.7. The number of carbonyl (C=O) groups is 1. The van der Waals surface area contributed by atoms with Crippen LogP contribution in [0.2, 0.25) is 0 Å². The number of benzene rings is 1. The normalized spacial score (nSPS) is 23.2. The van der Waals surface area contributed by atoms with Gasteiger partial charge in [0.25, 0.3) is 5.91 Å². The Bertz CT molecular complexity index is 675. The zero-order chi connectivity index (χ0) is 15.6. The number of likely N-dealkylation sites (tertiary alicyclic amines) is 1. The van der Waals surface area contributed by atoms with Crippen LogP contribution >= 0.6 is 12.4 Å².